The molecule has 182 valence electrons. The summed E-state index contributed by atoms with van der Waals surface area (Å²) in [7, 11) is 0. The minimum absolute atomic E-state index is 0.0165. The van der Waals surface area contributed by atoms with Gasteiger partial charge in [-0.05, 0) is 55.2 Å². The van der Waals surface area contributed by atoms with Crippen molar-refractivity contribution >= 4 is 11.8 Å². The Labute approximate surface area is 200 Å². The number of hydrogen-bond acceptors (Lipinski definition) is 3. The fourth-order valence-corrected chi connectivity index (χ4v) is 4.28. The maximum atomic E-state index is 13.4. The van der Waals surface area contributed by atoms with Gasteiger partial charge in [-0.15, -0.1) is 0 Å². The van der Waals surface area contributed by atoms with E-state index >= 15 is 0 Å². The first-order chi connectivity index (χ1) is 15.6. The molecule has 1 aromatic carbocycles. The third-order valence-electron chi connectivity index (χ3n) is 6.03. The second kappa shape index (κ2) is 12.6. The average Bonchev–Trinajstić information content (AvgIpc) is 3.26. The summed E-state index contributed by atoms with van der Waals surface area (Å²) in [5.74, 6) is 1.04. The van der Waals surface area contributed by atoms with Gasteiger partial charge < -0.3 is 14.2 Å². The van der Waals surface area contributed by atoms with E-state index in [4.69, 9.17) is 4.42 Å². The zero-order valence-corrected chi connectivity index (χ0v) is 21.3. The van der Waals surface area contributed by atoms with E-state index in [0.717, 1.165) is 25.0 Å². The minimum Gasteiger partial charge on any atom is -0.467 e. The number of rotatable bonds is 12. The Morgan fingerprint density at radius 1 is 1.00 bits per heavy atom. The molecule has 0 unspecified atom stereocenters. The van der Waals surface area contributed by atoms with E-state index in [2.05, 4.69) is 46.8 Å². The van der Waals surface area contributed by atoms with Crippen LogP contribution in [0.2, 0.25) is 0 Å². The molecule has 0 saturated heterocycles. The van der Waals surface area contributed by atoms with E-state index in [1.165, 1.54) is 5.56 Å². The Balaban J connectivity index is 2.10. The number of carbonyl (C=O) groups excluding carboxylic acids is 2. The van der Waals surface area contributed by atoms with Gasteiger partial charge in [0.25, 0.3) is 0 Å². The van der Waals surface area contributed by atoms with Crippen LogP contribution < -0.4 is 0 Å². The molecule has 33 heavy (non-hydrogen) atoms. The topological polar surface area (TPSA) is 53.8 Å². The summed E-state index contributed by atoms with van der Waals surface area (Å²) in [6, 6.07) is 13.9. The summed E-state index contributed by atoms with van der Waals surface area (Å²) in [6.07, 6.45) is 4.64. The van der Waals surface area contributed by atoms with Gasteiger partial charge in [-0.25, -0.2) is 0 Å². The SMILES string of the molecule is CC[C@H](C)N(CC(=O)N(CCc1ccccc1)Cc1ccco1)C(=O)C[C@@H](C)CC(C)(C)C. The predicted octanol–water partition coefficient (Wildman–Crippen LogP) is 5.94. The van der Waals surface area contributed by atoms with Crippen molar-refractivity contribution in [1.29, 1.82) is 0 Å². The van der Waals surface area contributed by atoms with Crippen molar-refractivity contribution in [2.45, 2.75) is 79.8 Å². The molecule has 1 aromatic heterocycles. The highest BCUT2D eigenvalue weighted by Gasteiger charge is 2.27. The largest absolute Gasteiger partial charge is 0.467 e. The molecule has 0 aliphatic heterocycles. The summed E-state index contributed by atoms with van der Waals surface area (Å²) < 4.78 is 5.51. The van der Waals surface area contributed by atoms with E-state index < -0.39 is 0 Å². The minimum atomic E-state index is -0.0422. The maximum Gasteiger partial charge on any atom is 0.242 e. The van der Waals surface area contributed by atoms with E-state index in [0.29, 0.717) is 19.5 Å². The molecule has 0 saturated carbocycles. The fraction of sp³-hybridized carbons (Fsp3) is 0.571. The van der Waals surface area contributed by atoms with E-state index in [1.807, 2.05) is 42.2 Å². The van der Waals surface area contributed by atoms with Crippen LogP contribution in [0.15, 0.2) is 53.1 Å². The Morgan fingerprint density at radius 2 is 1.70 bits per heavy atom. The van der Waals surface area contributed by atoms with E-state index in [1.54, 1.807) is 11.2 Å². The van der Waals surface area contributed by atoms with Crippen LogP contribution >= 0.6 is 0 Å². The number of hydrogen-bond donors (Lipinski definition) is 0. The zero-order valence-electron chi connectivity index (χ0n) is 21.3. The highest BCUT2D eigenvalue weighted by atomic mass is 16.3. The Morgan fingerprint density at radius 3 is 2.27 bits per heavy atom. The van der Waals surface area contributed by atoms with Gasteiger partial charge in [-0.2, -0.15) is 0 Å². The van der Waals surface area contributed by atoms with Gasteiger partial charge in [-0.1, -0.05) is 65.0 Å². The first-order valence-corrected chi connectivity index (χ1v) is 12.2. The van der Waals surface area contributed by atoms with Crippen molar-refractivity contribution in [3.8, 4) is 0 Å². The average molecular weight is 455 g/mol. The number of amides is 2. The van der Waals surface area contributed by atoms with Crippen LogP contribution in [-0.2, 0) is 22.6 Å². The Bertz CT molecular complexity index is 840. The van der Waals surface area contributed by atoms with Crippen molar-refractivity contribution in [2.24, 2.45) is 11.3 Å². The molecule has 0 aliphatic rings. The number of carbonyl (C=O) groups is 2. The number of benzene rings is 1. The lowest BCUT2D eigenvalue weighted by Crippen LogP contribution is -2.47. The molecule has 0 N–H and O–H groups in total. The van der Waals surface area contributed by atoms with Crippen LogP contribution in [0.25, 0.3) is 0 Å². The lowest BCUT2D eigenvalue weighted by atomic mass is 9.84. The van der Waals surface area contributed by atoms with Gasteiger partial charge in [0.05, 0.1) is 12.8 Å². The molecule has 0 bridgehead atoms. The third-order valence-corrected chi connectivity index (χ3v) is 6.03. The zero-order chi connectivity index (χ0) is 24.4. The molecule has 2 atom stereocenters. The summed E-state index contributed by atoms with van der Waals surface area (Å²) in [6.45, 7) is 13.9. The van der Waals surface area contributed by atoms with Crippen molar-refractivity contribution < 1.29 is 14.0 Å². The molecule has 1 heterocycles. The summed E-state index contributed by atoms with van der Waals surface area (Å²) in [5.41, 5.74) is 1.36. The van der Waals surface area contributed by atoms with Gasteiger partial charge in [0.1, 0.15) is 12.3 Å². The molecule has 2 aromatic rings. The molecule has 5 heteroatoms. The van der Waals surface area contributed by atoms with Crippen LogP contribution in [0.5, 0.6) is 0 Å². The summed E-state index contributed by atoms with van der Waals surface area (Å²) in [4.78, 5) is 30.3. The van der Waals surface area contributed by atoms with Gasteiger partial charge in [-0.3, -0.25) is 9.59 Å². The van der Waals surface area contributed by atoms with Gasteiger partial charge in [0, 0.05) is 19.0 Å². The quantitative estimate of drug-likeness (QED) is 0.399. The normalized spacial score (nSPS) is 13.4. The number of furan rings is 1. The molecule has 0 radical (unpaired) electrons. The molecule has 5 nitrogen and oxygen atoms in total. The highest BCUT2D eigenvalue weighted by molar-refractivity contribution is 5.85. The van der Waals surface area contributed by atoms with Gasteiger partial charge >= 0.3 is 0 Å². The highest BCUT2D eigenvalue weighted by Crippen LogP contribution is 2.26. The molecular formula is C28H42N2O3. The number of nitrogens with zero attached hydrogens (tertiary/aromatic N) is 2. The lowest BCUT2D eigenvalue weighted by Gasteiger charge is -2.32. The lowest BCUT2D eigenvalue weighted by molar-refractivity contribution is -0.143. The third kappa shape index (κ3) is 9.45. The van der Waals surface area contributed by atoms with Crippen LogP contribution in [0, 0.1) is 11.3 Å². The first-order valence-electron chi connectivity index (χ1n) is 12.2. The molecular weight excluding hydrogens is 412 g/mol. The molecule has 2 amide bonds. The van der Waals surface area contributed by atoms with Crippen LogP contribution in [0.4, 0.5) is 0 Å². The monoisotopic (exact) mass is 454 g/mol. The Hall–Kier alpha value is -2.56. The molecule has 2 rings (SSSR count). The second-order valence-corrected chi connectivity index (χ2v) is 10.5. The predicted molar refractivity (Wildman–Crippen MR) is 134 cm³/mol. The standard InChI is InChI=1S/C28H42N2O3/c1-7-23(3)30(26(31)18-22(2)19-28(4,5)6)21-27(32)29(20-25-14-11-17-33-25)16-15-24-12-9-8-10-13-24/h8-14,17,22-23H,7,15-16,18-21H2,1-6H3/t22-,23+/m1/s1. The first kappa shape index (κ1) is 26.7. The smallest absolute Gasteiger partial charge is 0.242 e. The van der Waals surface area contributed by atoms with E-state index in [-0.39, 0.29) is 35.7 Å². The van der Waals surface area contributed by atoms with E-state index in [9.17, 15) is 9.59 Å². The van der Waals surface area contributed by atoms with Gasteiger partial charge in [0.15, 0.2) is 0 Å². The summed E-state index contributed by atoms with van der Waals surface area (Å²) >= 11 is 0. The van der Waals surface area contributed by atoms with Gasteiger partial charge in [0.2, 0.25) is 11.8 Å². The second-order valence-electron chi connectivity index (χ2n) is 10.5. The molecule has 0 aliphatic carbocycles. The molecule has 0 fully saturated rings. The van der Waals surface area contributed by atoms with Crippen LogP contribution in [-0.4, -0.2) is 40.7 Å². The molecule has 0 spiro atoms. The van der Waals surface area contributed by atoms with Crippen molar-refractivity contribution in [1.82, 2.24) is 9.80 Å². The summed E-state index contributed by atoms with van der Waals surface area (Å²) in [5, 5.41) is 0. The van der Waals surface area contributed by atoms with Crippen LogP contribution in [0.1, 0.15) is 72.1 Å². The van der Waals surface area contributed by atoms with Crippen molar-refractivity contribution in [2.75, 3.05) is 13.1 Å². The van der Waals surface area contributed by atoms with Crippen molar-refractivity contribution in [3.63, 3.8) is 0 Å². The fourth-order valence-electron chi connectivity index (χ4n) is 4.28. The van der Waals surface area contributed by atoms with Crippen LogP contribution in [0.3, 0.4) is 0 Å². The Kier molecular flexibility index (Phi) is 10.2. The van der Waals surface area contributed by atoms with Crippen molar-refractivity contribution in [3.05, 3.63) is 60.1 Å². The maximum absolute atomic E-state index is 13.4.